The Morgan fingerprint density at radius 2 is 1.58 bits per heavy atom. The Labute approximate surface area is 112 Å². The first-order valence-corrected chi connectivity index (χ1v) is 5.65. The lowest BCUT2D eigenvalue weighted by Gasteiger charge is -2.24. The molecule has 0 aliphatic heterocycles. The number of carboxylic acid groups (broad SMARTS) is 1. The average molecular weight is 269 g/mol. The van der Waals surface area contributed by atoms with E-state index in [0.29, 0.717) is 22.8 Å². The van der Waals surface area contributed by atoms with Crippen LogP contribution in [0.3, 0.4) is 0 Å². The largest absolute Gasteiger partial charge is 0.496 e. The summed E-state index contributed by atoms with van der Waals surface area (Å²) in [7, 11) is 7.84. The van der Waals surface area contributed by atoms with Crippen LogP contribution in [-0.2, 0) is 4.79 Å². The molecule has 0 amide bonds. The van der Waals surface area contributed by atoms with Crippen molar-refractivity contribution in [1.82, 2.24) is 4.90 Å². The van der Waals surface area contributed by atoms with Crippen molar-refractivity contribution in [3.8, 4) is 17.2 Å². The molecule has 0 aromatic heterocycles. The van der Waals surface area contributed by atoms with Crippen molar-refractivity contribution in [1.29, 1.82) is 0 Å². The van der Waals surface area contributed by atoms with Gasteiger partial charge in [0.2, 0.25) is 0 Å². The smallest absolute Gasteiger partial charge is 0.325 e. The Bertz CT molecular complexity index is 433. The topological polar surface area (TPSA) is 68.2 Å². The number of benzene rings is 1. The fourth-order valence-electron chi connectivity index (χ4n) is 1.90. The summed E-state index contributed by atoms with van der Waals surface area (Å²) in [6.45, 7) is 0. The third kappa shape index (κ3) is 3.08. The lowest BCUT2D eigenvalue weighted by atomic mass is 10.0. The van der Waals surface area contributed by atoms with Crippen molar-refractivity contribution in [2.45, 2.75) is 6.04 Å². The minimum atomic E-state index is -0.980. The number of aliphatic carboxylic acids is 1. The number of carbonyl (C=O) groups is 1. The molecule has 0 radical (unpaired) electrons. The van der Waals surface area contributed by atoms with Gasteiger partial charge in [-0.1, -0.05) is 0 Å². The average Bonchev–Trinajstić information content (AvgIpc) is 2.37. The highest BCUT2D eigenvalue weighted by molar-refractivity contribution is 5.78. The fourth-order valence-corrected chi connectivity index (χ4v) is 1.90. The van der Waals surface area contributed by atoms with Gasteiger partial charge in [-0.15, -0.1) is 0 Å². The van der Waals surface area contributed by atoms with Crippen LogP contribution in [0.4, 0.5) is 0 Å². The lowest BCUT2D eigenvalue weighted by Crippen LogP contribution is -2.28. The molecule has 6 heteroatoms. The molecule has 19 heavy (non-hydrogen) atoms. The Balaban J connectivity index is 3.49. The predicted molar refractivity (Wildman–Crippen MR) is 70.2 cm³/mol. The molecule has 0 spiro atoms. The molecule has 0 heterocycles. The summed E-state index contributed by atoms with van der Waals surface area (Å²) in [5.41, 5.74) is 0.461. The zero-order valence-corrected chi connectivity index (χ0v) is 11.8. The van der Waals surface area contributed by atoms with Gasteiger partial charge in [0.15, 0.2) is 0 Å². The van der Waals surface area contributed by atoms with Gasteiger partial charge in [-0.25, -0.2) is 0 Å². The fraction of sp³-hybridized carbons (Fsp3) is 0.462. The number of methoxy groups -OCH3 is 3. The first kappa shape index (κ1) is 15.1. The van der Waals surface area contributed by atoms with E-state index >= 15 is 0 Å². The molecule has 1 rings (SSSR count). The minimum Gasteiger partial charge on any atom is -0.496 e. The molecule has 1 N–H and O–H groups in total. The molecule has 1 aromatic carbocycles. The summed E-state index contributed by atoms with van der Waals surface area (Å²) in [5.74, 6) is 0.390. The molecule has 1 unspecified atom stereocenters. The molecule has 6 nitrogen and oxygen atoms in total. The highest BCUT2D eigenvalue weighted by Gasteiger charge is 2.30. The summed E-state index contributed by atoms with van der Waals surface area (Å²) in [6, 6.07) is 2.41. The van der Waals surface area contributed by atoms with E-state index in [0.717, 1.165) is 0 Å². The zero-order valence-electron chi connectivity index (χ0n) is 11.8. The van der Waals surface area contributed by atoms with Crippen LogP contribution in [0.25, 0.3) is 0 Å². The Morgan fingerprint density at radius 3 is 1.84 bits per heavy atom. The highest BCUT2D eigenvalue weighted by atomic mass is 16.5. The van der Waals surface area contributed by atoms with Gasteiger partial charge in [0.05, 0.1) is 26.9 Å². The minimum absolute atomic E-state index is 0.414. The maximum absolute atomic E-state index is 11.4. The quantitative estimate of drug-likeness (QED) is 0.842. The second-order valence-corrected chi connectivity index (χ2v) is 4.15. The third-order valence-electron chi connectivity index (χ3n) is 2.78. The van der Waals surface area contributed by atoms with Gasteiger partial charge in [0, 0.05) is 12.1 Å². The van der Waals surface area contributed by atoms with Gasteiger partial charge in [0.25, 0.3) is 0 Å². The Hall–Kier alpha value is -1.95. The summed E-state index contributed by atoms with van der Waals surface area (Å²) < 4.78 is 15.7. The third-order valence-corrected chi connectivity index (χ3v) is 2.78. The first-order valence-electron chi connectivity index (χ1n) is 5.65. The number of ether oxygens (including phenoxy) is 3. The van der Waals surface area contributed by atoms with Crippen LogP contribution in [0.1, 0.15) is 11.6 Å². The van der Waals surface area contributed by atoms with E-state index in [-0.39, 0.29) is 0 Å². The standard InChI is InChI=1S/C13H19NO5/c1-14(2)12(13(15)16)11-9(18-4)6-8(17-3)7-10(11)19-5/h6-7,12H,1-5H3,(H,15,16). The number of likely N-dealkylation sites (N-methyl/N-ethyl adjacent to an activating group) is 1. The van der Waals surface area contributed by atoms with Crippen LogP contribution in [0.2, 0.25) is 0 Å². The van der Waals surface area contributed by atoms with Crippen LogP contribution >= 0.6 is 0 Å². The van der Waals surface area contributed by atoms with Crippen molar-refractivity contribution >= 4 is 5.97 Å². The van der Waals surface area contributed by atoms with Crippen molar-refractivity contribution in [2.24, 2.45) is 0 Å². The van der Waals surface area contributed by atoms with E-state index < -0.39 is 12.0 Å². The Kier molecular flexibility index (Phi) is 5.00. The molecule has 1 atom stereocenters. The second-order valence-electron chi connectivity index (χ2n) is 4.15. The van der Waals surface area contributed by atoms with Crippen LogP contribution in [-0.4, -0.2) is 51.4 Å². The van der Waals surface area contributed by atoms with Crippen molar-refractivity contribution in [3.05, 3.63) is 17.7 Å². The second kappa shape index (κ2) is 6.29. The van der Waals surface area contributed by atoms with Crippen molar-refractivity contribution < 1.29 is 24.1 Å². The van der Waals surface area contributed by atoms with Crippen LogP contribution in [0, 0.1) is 0 Å². The summed E-state index contributed by atoms with van der Waals surface area (Å²) >= 11 is 0. The molecule has 0 aliphatic rings. The van der Waals surface area contributed by atoms with Gasteiger partial charge >= 0.3 is 5.97 Å². The molecule has 0 bridgehead atoms. The zero-order chi connectivity index (χ0) is 14.6. The van der Waals surface area contributed by atoms with Gasteiger partial charge in [-0.2, -0.15) is 0 Å². The molecule has 0 saturated heterocycles. The maximum atomic E-state index is 11.4. The van der Waals surface area contributed by atoms with Crippen molar-refractivity contribution in [2.75, 3.05) is 35.4 Å². The molecule has 0 saturated carbocycles. The van der Waals surface area contributed by atoms with E-state index in [2.05, 4.69) is 0 Å². The molecular formula is C13H19NO5. The van der Waals surface area contributed by atoms with Gasteiger partial charge in [-0.3, -0.25) is 9.69 Å². The van der Waals surface area contributed by atoms with Gasteiger partial charge in [0.1, 0.15) is 23.3 Å². The summed E-state index contributed by atoms with van der Waals surface area (Å²) in [6.07, 6.45) is 0. The van der Waals surface area contributed by atoms with E-state index in [1.54, 1.807) is 31.1 Å². The van der Waals surface area contributed by atoms with E-state index in [4.69, 9.17) is 14.2 Å². The van der Waals surface area contributed by atoms with Gasteiger partial charge < -0.3 is 19.3 Å². The lowest BCUT2D eigenvalue weighted by molar-refractivity contribution is -0.142. The number of rotatable bonds is 6. The van der Waals surface area contributed by atoms with Gasteiger partial charge in [-0.05, 0) is 14.1 Å². The van der Waals surface area contributed by atoms with E-state index in [9.17, 15) is 9.90 Å². The SMILES string of the molecule is COc1cc(OC)c(C(C(=O)O)N(C)C)c(OC)c1. The molecule has 106 valence electrons. The monoisotopic (exact) mass is 269 g/mol. The summed E-state index contributed by atoms with van der Waals surface area (Å²) in [5, 5.41) is 9.38. The Morgan fingerprint density at radius 1 is 1.11 bits per heavy atom. The van der Waals surface area contributed by atoms with Crippen molar-refractivity contribution in [3.63, 3.8) is 0 Å². The number of hydrogen-bond donors (Lipinski definition) is 1. The number of nitrogens with zero attached hydrogens (tertiary/aromatic N) is 1. The number of hydrogen-bond acceptors (Lipinski definition) is 5. The summed E-state index contributed by atoms with van der Waals surface area (Å²) in [4.78, 5) is 13.0. The highest BCUT2D eigenvalue weighted by Crippen LogP contribution is 2.39. The molecular weight excluding hydrogens is 250 g/mol. The van der Waals surface area contributed by atoms with E-state index in [1.807, 2.05) is 0 Å². The van der Waals surface area contributed by atoms with E-state index in [1.165, 1.54) is 21.3 Å². The molecule has 1 aromatic rings. The number of carboxylic acids is 1. The molecule has 0 aliphatic carbocycles. The van der Waals surface area contributed by atoms with Crippen LogP contribution < -0.4 is 14.2 Å². The predicted octanol–water partition coefficient (Wildman–Crippen LogP) is 1.40. The molecule has 0 fully saturated rings. The first-order chi connectivity index (χ1) is 8.96. The maximum Gasteiger partial charge on any atom is 0.325 e. The van der Waals surface area contributed by atoms with Crippen LogP contribution in [0.5, 0.6) is 17.2 Å². The normalized spacial score (nSPS) is 12.1. The van der Waals surface area contributed by atoms with Crippen LogP contribution in [0.15, 0.2) is 12.1 Å².